The van der Waals surface area contributed by atoms with Crippen LogP contribution in [0, 0.1) is 13.8 Å². The number of pyridine rings is 2. The van der Waals surface area contributed by atoms with Crippen LogP contribution in [0.2, 0.25) is 0 Å². The topological polar surface area (TPSA) is 48.0 Å². The van der Waals surface area contributed by atoms with Crippen molar-refractivity contribution in [3.8, 4) is 0 Å². The molecule has 0 atom stereocenters. The SMILES string of the molecule is Cc1cccnc1.Cc1cnc2ccccn12.Cn1ccnc1. The van der Waals surface area contributed by atoms with Gasteiger partial charge in [0.2, 0.25) is 0 Å². The van der Waals surface area contributed by atoms with Gasteiger partial charge in [0.25, 0.3) is 0 Å². The molecule has 0 unspecified atom stereocenters. The van der Waals surface area contributed by atoms with Crippen LogP contribution in [0.3, 0.4) is 0 Å². The fraction of sp³-hybridized carbons (Fsp3) is 0.167. The van der Waals surface area contributed by atoms with Gasteiger partial charge in [0.1, 0.15) is 5.65 Å². The molecule has 118 valence electrons. The normalized spacial score (nSPS) is 9.52. The third kappa shape index (κ3) is 5.39. The molecular formula is C18H21N5. The predicted molar refractivity (Wildman–Crippen MR) is 92.1 cm³/mol. The summed E-state index contributed by atoms with van der Waals surface area (Å²) >= 11 is 0. The molecule has 0 aromatic carbocycles. The Hall–Kier alpha value is -2.95. The van der Waals surface area contributed by atoms with Crippen LogP contribution in [0.4, 0.5) is 0 Å². The Bertz CT molecular complexity index is 804. The number of hydrogen-bond acceptors (Lipinski definition) is 3. The van der Waals surface area contributed by atoms with Crippen molar-refractivity contribution in [2.75, 3.05) is 0 Å². The molecule has 4 aromatic rings. The lowest BCUT2D eigenvalue weighted by atomic mass is 10.3. The van der Waals surface area contributed by atoms with E-state index in [4.69, 9.17) is 0 Å². The van der Waals surface area contributed by atoms with E-state index >= 15 is 0 Å². The standard InChI is InChI=1S/C8H8N2.C6H7N.C4H6N2/c1-7-6-9-8-4-2-3-5-10(7)8;1-6-3-2-4-7-5-6;1-6-3-2-5-4-6/h2-6H,1H3;2-5H,1H3;2-4H,1H3. The van der Waals surface area contributed by atoms with E-state index < -0.39 is 0 Å². The first-order valence-corrected chi connectivity index (χ1v) is 7.34. The molecule has 4 heterocycles. The van der Waals surface area contributed by atoms with Gasteiger partial charge < -0.3 is 8.97 Å². The molecular weight excluding hydrogens is 286 g/mol. The number of aryl methyl sites for hydroxylation is 3. The van der Waals surface area contributed by atoms with Gasteiger partial charge in [0.15, 0.2) is 0 Å². The van der Waals surface area contributed by atoms with Gasteiger partial charge in [0.05, 0.1) is 6.33 Å². The maximum absolute atomic E-state index is 4.18. The van der Waals surface area contributed by atoms with E-state index in [-0.39, 0.29) is 0 Å². The van der Waals surface area contributed by atoms with E-state index in [0.29, 0.717) is 0 Å². The number of hydrogen-bond donors (Lipinski definition) is 0. The molecule has 23 heavy (non-hydrogen) atoms. The molecule has 0 N–H and O–H groups in total. The molecule has 0 amide bonds. The van der Waals surface area contributed by atoms with Crippen molar-refractivity contribution in [3.63, 3.8) is 0 Å². The minimum absolute atomic E-state index is 1.01. The summed E-state index contributed by atoms with van der Waals surface area (Å²) in [5.74, 6) is 0. The molecule has 0 saturated carbocycles. The van der Waals surface area contributed by atoms with Gasteiger partial charge >= 0.3 is 0 Å². The zero-order valence-electron chi connectivity index (χ0n) is 13.7. The zero-order valence-corrected chi connectivity index (χ0v) is 13.7. The Balaban J connectivity index is 0.000000131. The minimum atomic E-state index is 1.01. The molecule has 5 heteroatoms. The lowest BCUT2D eigenvalue weighted by Gasteiger charge is -1.91. The second-order valence-corrected chi connectivity index (χ2v) is 5.09. The van der Waals surface area contributed by atoms with E-state index in [1.807, 2.05) is 80.6 Å². The average molecular weight is 307 g/mol. The molecule has 4 aromatic heterocycles. The Kier molecular flexibility index (Phi) is 6.06. The smallest absolute Gasteiger partial charge is 0.136 e. The number of nitrogens with zero attached hydrogens (tertiary/aromatic N) is 5. The van der Waals surface area contributed by atoms with E-state index in [9.17, 15) is 0 Å². The highest BCUT2D eigenvalue weighted by Gasteiger charge is 1.93. The van der Waals surface area contributed by atoms with Gasteiger partial charge in [0, 0.05) is 49.9 Å². The van der Waals surface area contributed by atoms with Crippen molar-refractivity contribution >= 4 is 5.65 Å². The molecule has 0 saturated heterocycles. The molecule has 0 spiro atoms. The summed E-state index contributed by atoms with van der Waals surface area (Å²) in [5, 5.41) is 0. The summed E-state index contributed by atoms with van der Waals surface area (Å²) in [6.45, 7) is 4.06. The van der Waals surface area contributed by atoms with Crippen LogP contribution < -0.4 is 0 Å². The van der Waals surface area contributed by atoms with Crippen LogP contribution in [0.15, 0.2) is 73.8 Å². The van der Waals surface area contributed by atoms with Gasteiger partial charge in [-0.1, -0.05) is 12.1 Å². The van der Waals surface area contributed by atoms with Crippen molar-refractivity contribution in [1.82, 2.24) is 23.9 Å². The molecule has 0 fully saturated rings. The molecule has 0 radical (unpaired) electrons. The van der Waals surface area contributed by atoms with E-state index in [2.05, 4.69) is 19.4 Å². The highest BCUT2D eigenvalue weighted by Crippen LogP contribution is 2.02. The Morgan fingerprint density at radius 1 is 0.870 bits per heavy atom. The summed E-state index contributed by atoms with van der Waals surface area (Å²) in [4.78, 5) is 11.9. The number of rotatable bonds is 0. The molecule has 5 nitrogen and oxygen atoms in total. The van der Waals surface area contributed by atoms with Crippen molar-refractivity contribution in [2.24, 2.45) is 7.05 Å². The minimum Gasteiger partial charge on any atom is -0.341 e. The van der Waals surface area contributed by atoms with Crippen molar-refractivity contribution in [1.29, 1.82) is 0 Å². The fourth-order valence-corrected chi connectivity index (χ4v) is 1.83. The lowest BCUT2D eigenvalue weighted by Crippen LogP contribution is -1.83. The van der Waals surface area contributed by atoms with Crippen molar-refractivity contribution < 1.29 is 0 Å². The third-order valence-electron chi connectivity index (χ3n) is 3.05. The molecule has 0 bridgehead atoms. The summed E-state index contributed by atoms with van der Waals surface area (Å²) in [6, 6.07) is 9.93. The van der Waals surface area contributed by atoms with Gasteiger partial charge in [-0.25, -0.2) is 9.97 Å². The summed E-state index contributed by atoms with van der Waals surface area (Å²) in [6.07, 6.45) is 12.9. The van der Waals surface area contributed by atoms with Crippen LogP contribution in [0.1, 0.15) is 11.3 Å². The highest BCUT2D eigenvalue weighted by molar-refractivity contribution is 5.39. The quantitative estimate of drug-likeness (QED) is 0.500. The Labute approximate surface area is 136 Å². The predicted octanol–water partition coefficient (Wildman–Crippen LogP) is 3.45. The summed E-state index contributed by atoms with van der Waals surface area (Å²) in [5.41, 5.74) is 3.40. The van der Waals surface area contributed by atoms with Crippen LogP contribution in [0.5, 0.6) is 0 Å². The summed E-state index contributed by atoms with van der Waals surface area (Å²) < 4.78 is 3.94. The molecule has 4 rings (SSSR count). The number of fused-ring (bicyclic) bond motifs is 1. The molecule has 0 aliphatic rings. The van der Waals surface area contributed by atoms with E-state index in [1.54, 1.807) is 18.7 Å². The first kappa shape index (κ1) is 16.4. The van der Waals surface area contributed by atoms with Crippen molar-refractivity contribution in [3.05, 3.63) is 85.1 Å². The van der Waals surface area contributed by atoms with Crippen LogP contribution >= 0.6 is 0 Å². The highest BCUT2D eigenvalue weighted by atomic mass is 15.0. The Morgan fingerprint density at radius 2 is 1.74 bits per heavy atom. The van der Waals surface area contributed by atoms with Crippen LogP contribution in [-0.2, 0) is 7.05 Å². The van der Waals surface area contributed by atoms with E-state index in [1.165, 1.54) is 11.3 Å². The molecule has 0 aliphatic carbocycles. The first-order chi connectivity index (χ1) is 11.2. The number of imidazole rings is 2. The first-order valence-electron chi connectivity index (χ1n) is 7.34. The maximum Gasteiger partial charge on any atom is 0.136 e. The fourth-order valence-electron chi connectivity index (χ4n) is 1.83. The Morgan fingerprint density at radius 3 is 2.22 bits per heavy atom. The van der Waals surface area contributed by atoms with E-state index in [0.717, 1.165) is 5.65 Å². The average Bonchev–Trinajstić information content (AvgIpc) is 3.19. The summed E-state index contributed by atoms with van der Waals surface area (Å²) in [7, 11) is 1.94. The van der Waals surface area contributed by atoms with Crippen molar-refractivity contribution in [2.45, 2.75) is 13.8 Å². The van der Waals surface area contributed by atoms with Gasteiger partial charge in [-0.3, -0.25) is 4.98 Å². The third-order valence-corrected chi connectivity index (χ3v) is 3.05. The van der Waals surface area contributed by atoms with Gasteiger partial charge in [-0.2, -0.15) is 0 Å². The second-order valence-electron chi connectivity index (χ2n) is 5.09. The van der Waals surface area contributed by atoms with Gasteiger partial charge in [-0.15, -0.1) is 0 Å². The van der Waals surface area contributed by atoms with Crippen LogP contribution in [-0.4, -0.2) is 23.9 Å². The number of aromatic nitrogens is 5. The maximum atomic E-state index is 4.18. The monoisotopic (exact) mass is 307 g/mol. The second kappa shape index (κ2) is 8.48. The largest absolute Gasteiger partial charge is 0.341 e. The molecule has 0 aliphatic heterocycles. The lowest BCUT2D eigenvalue weighted by molar-refractivity contribution is 0.913. The zero-order chi connectivity index (χ0) is 16.5. The van der Waals surface area contributed by atoms with Crippen LogP contribution in [0.25, 0.3) is 5.65 Å². The van der Waals surface area contributed by atoms with Gasteiger partial charge in [-0.05, 0) is 37.6 Å².